The zero-order valence-electron chi connectivity index (χ0n) is 14.2. The van der Waals surface area contributed by atoms with Crippen LogP contribution in [0.5, 0.6) is 0 Å². The lowest BCUT2D eigenvalue weighted by atomic mass is 10.0. The van der Waals surface area contributed by atoms with E-state index in [9.17, 15) is 4.79 Å². The minimum Gasteiger partial charge on any atom is -0.312 e. The zero-order valence-corrected chi connectivity index (χ0v) is 14.2. The molecule has 0 aliphatic rings. The van der Waals surface area contributed by atoms with Gasteiger partial charge in [-0.2, -0.15) is 5.10 Å². The van der Waals surface area contributed by atoms with Crippen molar-refractivity contribution in [2.75, 3.05) is 0 Å². The maximum Gasteiger partial charge on any atom is 0.262 e. The standard InChI is InChI=1S/C20H18N4O/c1-3-14-4-6-15(7-5-14)16-8-10-17(11-9-16)24-19-18(13(2)23-24)20(25)22-12-21-19/h4-12H,3H2,1-2H3,(H,21,22,25). The van der Waals surface area contributed by atoms with Crippen molar-refractivity contribution < 1.29 is 0 Å². The molecular formula is C20H18N4O. The van der Waals surface area contributed by atoms with Gasteiger partial charge in [0.1, 0.15) is 5.39 Å². The average molecular weight is 330 g/mol. The van der Waals surface area contributed by atoms with Crippen LogP contribution >= 0.6 is 0 Å². The molecular weight excluding hydrogens is 312 g/mol. The van der Waals surface area contributed by atoms with E-state index < -0.39 is 0 Å². The summed E-state index contributed by atoms with van der Waals surface area (Å²) in [4.78, 5) is 18.9. The average Bonchev–Trinajstić information content (AvgIpc) is 3.00. The van der Waals surface area contributed by atoms with Crippen LogP contribution in [0.3, 0.4) is 0 Å². The smallest absolute Gasteiger partial charge is 0.262 e. The van der Waals surface area contributed by atoms with E-state index in [-0.39, 0.29) is 5.56 Å². The Morgan fingerprint density at radius 1 is 1.00 bits per heavy atom. The molecule has 0 aliphatic heterocycles. The minimum atomic E-state index is -0.165. The van der Waals surface area contributed by atoms with Crippen molar-refractivity contribution in [3.8, 4) is 16.8 Å². The predicted molar refractivity (Wildman–Crippen MR) is 99.0 cm³/mol. The first kappa shape index (κ1) is 15.3. The van der Waals surface area contributed by atoms with E-state index in [2.05, 4.69) is 58.4 Å². The monoisotopic (exact) mass is 330 g/mol. The molecule has 25 heavy (non-hydrogen) atoms. The summed E-state index contributed by atoms with van der Waals surface area (Å²) >= 11 is 0. The molecule has 0 spiro atoms. The maximum atomic E-state index is 12.0. The summed E-state index contributed by atoms with van der Waals surface area (Å²) in [6.45, 7) is 3.97. The molecule has 0 saturated heterocycles. The number of nitrogens with one attached hydrogen (secondary N) is 1. The Balaban J connectivity index is 1.75. The van der Waals surface area contributed by atoms with Gasteiger partial charge in [-0.3, -0.25) is 4.79 Å². The third-order valence-corrected chi connectivity index (χ3v) is 4.45. The molecule has 2 aromatic carbocycles. The molecule has 5 heteroatoms. The number of nitrogens with zero attached hydrogens (tertiary/aromatic N) is 3. The van der Waals surface area contributed by atoms with E-state index in [0.717, 1.165) is 17.7 Å². The van der Waals surface area contributed by atoms with Gasteiger partial charge in [-0.15, -0.1) is 0 Å². The highest BCUT2D eigenvalue weighted by Crippen LogP contribution is 2.23. The van der Waals surface area contributed by atoms with E-state index in [1.807, 2.05) is 19.1 Å². The molecule has 0 bridgehead atoms. The number of rotatable bonds is 3. The van der Waals surface area contributed by atoms with Crippen molar-refractivity contribution in [1.82, 2.24) is 19.7 Å². The van der Waals surface area contributed by atoms with Gasteiger partial charge in [0, 0.05) is 0 Å². The predicted octanol–water partition coefficient (Wildman–Crippen LogP) is 3.65. The molecule has 124 valence electrons. The van der Waals surface area contributed by atoms with Crippen molar-refractivity contribution in [1.29, 1.82) is 0 Å². The number of aromatic nitrogens is 4. The second-order valence-electron chi connectivity index (χ2n) is 6.02. The minimum absolute atomic E-state index is 0.165. The zero-order chi connectivity index (χ0) is 17.4. The van der Waals surface area contributed by atoms with Gasteiger partial charge in [0.15, 0.2) is 5.65 Å². The van der Waals surface area contributed by atoms with Gasteiger partial charge in [0.2, 0.25) is 0 Å². The summed E-state index contributed by atoms with van der Waals surface area (Å²) in [6.07, 6.45) is 2.45. The number of aromatic amines is 1. The molecule has 0 fully saturated rings. The van der Waals surface area contributed by atoms with E-state index >= 15 is 0 Å². The number of aryl methyl sites for hydroxylation is 2. The number of fused-ring (bicyclic) bond motifs is 1. The molecule has 4 aromatic rings. The van der Waals surface area contributed by atoms with Crippen LogP contribution in [0.4, 0.5) is 0 Å². The summed E-state index contributed by atoms with van der Waals surface area (Å²) in [7, 11) is 0. The lowest BCUT2D eigenvalue weighted by Crippen LogP contribution is -2.07. The Morgan fingerprint density at radius 3 is 2.28 bits per heavy atom. The van der Waals surface area contributed by atoms with Crippen LogP contribution in [0.1, 0.15) is 18.2 Å². The molecule has 0 radical (unpaired) electrons. The SMILES string of the molecule is CCc1ccc(-c2ccc(-n3nc(C)c4c(=O)[nH]cnc43)cc2)cc1. The quantitative estimate of drug-likeness (QED) is 0.624. The molecule has 5 nitrogen and oxygen atoms in total. The lowest BCUT2D eigenvalue weighted by Gasteiger charge is -2.06. The maximum absolute atomic E-state index is 12.0. The molecule has 2 heterocycles. The first-order chi connectivity index (χ1) is 12.2. The highest BCUT2D eigenvalue weighted by molar-refractivity contribution is 5.78. The number of hydrogen-bond acceptors (Lipinski definition) is 3. The van der Waals surface area contributed by atoms with Gasteiger partial charge >= 0.3 is 0 Å². The molecule has 0 saturated carbocycles. The van der Waals surface area contributed by atoms with E-state index in [0.29, 0.717) is 16.7 Å². The first-order valence-electron chi connectivity index (χ1n) is 8.30. The van der Waals surface area contributed by atoms with Crippen molar-refractivity contribution in [3.05, 3.63) is 76.5 Å². The van der Waals surface area contributed by atoms with Crippen LogP contribution < -0.4 is 5.56 Å². The largest absolute Gasteiger partial charge is 0.312 e. The van der Waals surface area contributed by atoms with Gasteiger partial charge in [0.25, 0.3) is 5.56 Å². The van der Waals surface area contributed by atoms with Crippen LogP contribution in [-0.4, -0.2) is 19.7 Å². The first-order valence-corrected chi connectivity index (χ1v) is 8.30. The highest BCUT2D eigenvalue weighted by atomic mass is 16.1. The third kappa shape index (κ3) is 2.63. The van der Waals surface area contributed by atoms with Crippen molar-refractivity contribution in [2.24, 2.45) is 0 Å². The molecule has 0 aliphatic carbocycles. The number of hydrogen-bond donors (Lipinski definition) is 1. The van der Waals surface area contributed by atoms with Crippen LogP contribution in [0.2, 0.25) is 0 Å². The van der Waals surface area contributed by atoms with Gasteiger partial charge in [0.05, 0.1) is 17.7 Å². The Hall–Kier alpha value is -3.21. The van der Waals surface area contributed by atoms with E-state index in [1.165, 1.54) is 17.5 Å². The van der Waals surface area contributed by atoms with Gasteiger partial charge in [-0.1, -0.05) is 43.3 Å². The third-order valence-electron chi connectivity index (χ3n) is 4.45. The normalized spacial score (nSPS) is 11.1. The molecule has 0 atom stereocenters. The molecule has 0 amide bonds. The number of benzene rings is 2. The van der Waals surface area contributed by atoms with Crippen molar-refractivity contribution in [3.63, 3.8) is 0 Å². The lowest BCUT2D eigenvalue weighted by molar-refractivity contribution is 0.876. The summed E-state index contributed by atoms with van der Waals surface area (Å²) in [5.41, 5.74) is 5.61. The van der Waals surface area contributed by atoms with Gasteiger partial charge in [-0.05, 0) is 42.2 Å². The fraction of sp³-hybridized carbons (Fsp3) is 0.150. The second-order valence-corrected chi connectivity index (χ2v) is 6.02. The highest BCUT2D eigenvalue weighted by Gasteiger charge is 2.13. The summed E-state index contributed by atoms with van der Waals surface area (Å²) in [6, 6.07) is 16.7. The Kier molecular flexibility index (Phi) is 3.69. The van der Waals surface area contributed by atoms with E-state index in [1.54, 1.807) is 4.68 Å². The Bertz CT molecular complexity index is 1090. The Morgan fingerprint density at radius 2 is 1.64 bits per heavy atom. The van der Waals surface area contributed by atoms with Crippen LogP contribution in [0.15, 0.2) is 59.7 Å². The number of H-pyrrole nitrogens is 1. The van der Waals surface area contributed by atoms with Crippen molar-refractivity contribution in [2.45, 2.75) is 20.3 Å². The van der Waals surface area contributed by atoms with Gasteiger partial charge < -0.3 is 4.98 Å². The van der Waals surface area contributed by atoms with E-state index in [4.69, 9.17) is 0 Å². The molecule has 0 unspecified atom stereocenters. The summed E-state index contributed by atoms with van der Waals surface area (Å²) in [5.74, 6) is 0. The second kappa shape index (κ2) is 6.02. The fourth-order valence-corrected chi connectivity index (χ4v) is 3.03. The summed E-state index contributed by atoms with van der Waals surface area (Å²) in [5, 5.41) is 5.01. The van der Waals surface area contributed by atoms with Crippen LogP contribution in [0.25, 0.3) is 27.8 Å². The van der Waals surface area contributed by atoms with Gasteiger partial charge in [-0.25, -0.2) is 9.67 Å². The van der Waals surface area contributed by atoms with Crippen molar-refractivity contribution >= 4 is 11.0 Å². The van der Waals surface area contributed by atoms with Crippen LogP contribution in [0, 0.1) is 6.92 Å². The Labute approximate surface area is 145 Å². The molecule has 1 N–H and O–H groups in total. The summed E-state index contributed by atoms with van der Waals surface area (Å²) < 4.78 is 1.71. The molecule has 4 rings (SSSR count). The topological polar surface area (TPSA) is 63.6 Å². The fourth-order valence-electron chi connectivity index (χ4n) is 3.03. The van der Waals surface area contributed by atoms with Crippen LogP contribution in [-0.2, 0) is 6.42 Å². The molecule has 2 aromatic heterocycles.